The van der Waals surface area contributed by atoms with Gasteiger partial charge in [-0.25, -0.2) is 0 Å². The molecule has 0 amide bonds. The highest BCUT2D eigenvalue weighted by Gasteiger charge is 2.19. The number of aliphatic hydroxyl groups excluding tert-OH is 1. The normalized spacial score (nSPS) is 14.4. The van der Waals surface area contributed by atoms with Gasteiger partial charge in [-0.3, -0.25) is 0 Å². The lowest BCUT2D eigenvalue weighted by atomic mass is 9.85. The first-order chi connectivity index (χ1) is 5.37. The van der Waals surface area contributed by atoms with Crippen LogP contribution in [0.2, 0.25) is 0 Å². The Morgan fingerprint density at radius 1 is 1.42 bits per heavy atom. The van der Waals surface area contributed by atoms with E-state index in [1.54, 1.807) is 0 Å². The van der Waals surface area contributed by atoms with Crippen LogP contribution in [0.3, 0.4) is 0 Å². The van der Waals surface area contributed by atoms with Crippen LogP contribution in [-0.4, -0.2) is 11.2 Å². The molecule has 0 aromatic heterocycles. The molecule has 0 heterocycles. The Morgan fingerprint density at radius 3 is 2.25 bits per heavy atom. The lowest BCUT2D eigenvalue weighted by Gasteiger charge is -2.22. The van der Waals surface area contributed by atoms with Gasteiger partial charge in [0.05, 0.1) is 6.10 Å². The van der Waals surface area contributed by atoms with E-state index in [9.17, 15) is 5.11 Å². The number of hydrogen-bond donors (Lipinski definition) is 1. The molecule has 0 bridgehead atoms. The third kappa shape index (κ3) is 5.21. The van der Waals surface area contributed by atoms with Crippen LogP contribution in [0.4, 0.5) is 0 Å². The summed E-state index contributed by atoms with van der Waals surface area (Å²) >= 11 is 0. The highest BCUT2D eigenvalue weighted by molar-refractivity contribution is 5.01. The first-order valence-corrected chi connectivity index (χ1v) is 4.53. The van der Waals surface area contributed by atoms with Crippen molar-refractivity contribution < 1.29 is 5.11 Å². The van der Waals surface area contributed by atoms with Crippen molar-refractivity contribution in [3.8, 4) is 12.3 Å². The van der Waals surface area contributed by atoms with Gasteiger partial charge in [-0.2, -0.15) is 0 Å². The lowest BCUT2D eigenvalue weighted by Crippen LogP contribution is -2.20. The summed E-state index contributed by atoms with van der Waals surface area (Å²) in [4.78, 5) is 0. The average molecular weight is 168 g/mol. The Morgan fingerprint density at radius 2 is 1.92 bits per heavy atom. The van der Waals surface area contributed by atoms with Crippen LogP contribution in [0.1, 0.15) is 40.5 Å². The van der Waals surface area contributed by atoms with Crippen molar-refractivity contribution in [3.05, 3.63) is 0 Å². The van der Waals surface area contributed by atoms with Crippen molar-refractivity contribution in [1.29, 1.82) is 0 Å². The van der Waals surface area contributed by atoms with Gasteiger partial charge in [-0.15, -0.1) is 12.3 Å². The minimum Gasteiger partial charge on any atom is -0.393 e. The standard InChI is InChI=1S/C11H20O/c1-6-11(4,5)8-10(12)7-9(2)3/h1,9-10,12H,7-8H2,2-5H3. The van der Waals surface area contributed by atoms with E-state index in [-0.39, 0.29) is 11.5 Å². The monoisotopic (exact) mass is 168 g/mol. The molecule has 0 aliphatic heterocycles. The van der Waals surface area contributed by atoms with Gasteiger partial charge in [-0.1, -0.05) is 13.8 Å². The van der Waals surface area contributed by atoms with Crippen molar-refractivity contribution in [2.75, 3.05) is 0 Å². The molecule has 0 aliphatic rings. The molecule has 0 spiro atoms. The SMILES string of the molecule is C#CC(C)(C)CC(O)CC(C)C. The van der Waals surface area contributed by atoms with Crippen molar-refractivity contribution in [2.24, 2.45) is 11.3 Å². The van der Waals surface area contributed by atoms with Gasteiger partial charge in [0.15, 0.2) is 0 Å². The molecule has 0 rings (SSSR count). The Balaban J connectivity index is 3.86. The van der Waals surface area contributed by atoms with Crippen LogP contribution >= 0.6 is 0 Å². The summed E-state index contributed by atoms with van der Waals surface area (Å²) in [6, 6.07) is 0. The van der Waals surface area contributed by atoms with E-state index in [1.807, 2.05) is 13.8 Å². The summed E-state index contributed by atoms with van der Waals surface area (Å²) < 4.78 is 0. The van der Waals surface area contributed by atoms with Crippen LogP contribution in [-0.2, 0) is 0 Å². The fourth-order valence-electron chi connectivity index (χ4n) is 1.28. The summed E-state index contributed by atoms with van der Waals surface area (Å²) in [6.45, 7) is 8.17. The first kappa shape index (κ1) is 11.5. The van der Waals surface area contributed by atoms with E-state index in [2.05, 4.69) is 19.8 Å². The Bertz CT molecular complexity index is 162. The second-order valence-electron chi connectivity index (χ2n) is 4.52. The third-order valence-corrected chi connectivity index (χ3v) is 1.88. The fraction of sp³-hybridized carbons (Fsp3) is 0.818. The molecular weight excluding hydrogens is 148 g/mol. The summed E-state index contributed by atoms with van der Waals surface area (Å²) in [5.41, 5.74) is -0.172. The van der Waals surface area contributed by atoms with Gasteiger partial charge in [-0.05, 0) is 32.6 Å². The zero-order valence-corrected chi connectivity index (χ0v) is 8.59. The zero-order valence-electron chi connectivity index (χ0n) is 8.59. The van der Waals surface area contributed by atoms with Crippen LogP contribution in [0, 0.1) is 23.7 Å². The summed E-state index contributed by atoms with van der Waals surface area (Å²) in [7, 11) is 0. The van der Waals surface area contributed by atoms with E-state index < -0.39 is 0 Å². The van der Waals surface area contributed by atoms with E-state index in [0.29, 0.717) is 12.3 Å². The van der Waals surface area contributed by atoms with Gasteiger partial charge in [0, 0.05) is 5.41 Å². The third-order valence-electron chi connectivity index (χ3n) is 1.88. The second-order valence-corrected chi connectivity index (χ2v) is 4.52. The molecule has 0 saturated heterocycles. The predicted molar refractivity (Wildman–Crippen MR) is 52.7 cm³/mol. The number of terminal acetylenes is 1. The van der Waals surface area contributed by atoms with E-state index in [4.69, 9.17) is 6.42 Å². The molecule has 0 aromatic rings. The molecule has 1 heteroatoms. The quantitative estimate of drug-likeness (QED) is 0.639. The number of aliphatic hydroxyl groups is 1. The second kappa shape index (κ2) is 4.52. The molecule has 0 radical (unpaired) electrons. The minimum absolute atomic E-state index is 0.172. The molecule has 0 aliphatic carbocycles. The summed E-state index contributed by atoms with van der Waals surface area (Å²) in [5, 5.41) is 9.59. The number of hydrogen-bond acceptors (Lipinski definition) is 1. The summed E-state index contributed by atoms with van der Waals surface area (Å²) in [6.07, 6.45) is 6.61. The molecule has 1 N–H and O–H groups in total. The van der Waals surface area contributed by atoms with Crippen LogP contribution in [0.25, 0.3) is 0 Å². The molecule has 12 heavy (non-hydrogen) atoms. The van der Waals surface area contributed by atoms with E-state index in [1.165, 1.54) is 0 Å². The van der Waals surface area contributed by atoms with Gasteiger partial charge in [0.1, 0.15) is 0 Å². The Hall–Kier alpha value is -0.480. The molecule has 0 aromatic carbocycles. The largest absolute Gasteiger partial charge is 0.393 e. The first-order valence-electron chi connectivity index (χ1n) is 4.53. The van der Waals surface area contributed by atoms with Gasteiger partial charge in [0.25, 0.3) is 0 Å². The van der Waals surface area contributed by atoms with Crippen molar-refractivity contribution in [3.63, 3.8) is 0 Å². The topological polar surface area (TPSA) is 20.2 Å². The molecule has 0 fully saturated rings. The summed E-state index contributed by atoms with van der Waals surface area (Å²) in [5.74, 6) is 3.22. The molecular formula is C11H20O. The van der Waals surface area contributed by atoms with Crippen molar-refractivity contribution >= 4 is 0 Å². The molecule has 1 nitrogen and oxygen atoms in total. The van der Waals surface area contributed by atoms with Crippen LogP contribution < -0.4 is 0 Å². The van der Waals surface area contributed by atoms with Crippen LogP contribution in [0.15, 0.2) is 0 Å². The highest BCUT2D eigenvalue weighted by Crippen LogP contribution is 2.23. The smallest absolute Gasteiger partial charge is 0.0557 e. The Labute approximate surface area is 76.2 Å². The molecule has 1 unspecified atom stereocenters. The molecule has 0 saturated carbocycles. The predicted octanol–water partition coefficient (Wildman–Crippen LogP) is 2.44. The van der Waals surface area contributed by atoms with Crippen LogP contribution in [0.5, 0.6) is 0 Å². The van der Waals surface area contributed by atoms with Crippen molar-refractivity contribution in [2.45, 2.75) is 46.6 Å². The molecule has 1 atom stereocenters. The zero-order chi connectivity index (χ0) is 9.78. The Kier molecular flexibility index (Phi) is 4.34. The molecule has 70 valence electrons. The maximum absolute atomic E-state index is 9.59. The van der Waals surface area contributed by atoms with Gasteiger partial charge in [0.2, 0.25) is 0 Å². The fourth-order valence-corrected chi connectivity index (χ4v) is 1.28. The maximum atomic E-state index is 9.59. The van der Waals surface area contributed by atoms with E-state index >= 15 is 0 Å². The number of rotatable bonds is 4. The lowest BCUT2D eigenvalue weighted by molar-refractivity contribution is 0.112. The van der Waals surface area contributed by atoms with Crippen molar-refractivity contribution in [1.82, 2.24) is 0 Å². The van der Waals surface area contributed by atoms with E-state index in [0.717, 1.165) is 6.42 Å². The average Bonchev–Trinajstić information content (AvgIpc) is 1.84. The van der Waals surface area contributed by atoms with Gasteiger partial charge >= 0.3 is 0 Å². The van der Waals surface area contributed by atoms with Gasteiger partial charge < -0.3 is 5.11 Å². The minimum atomic E-state index is -0.254. The maximum Gasteiger partial charge on any atom is 0.0557 e. The highest BCUT2D eigenvalue weighted by atomic mass is 16.3.